The number of carbonyl (C=O) groups is 2. The molecule has 0 aliphatic rings. The van der Waals surface area contributed by atoms with Crippen LogP contribution in [-0.4, -0.2) is 24.7 Å². The van der Waals surface area contributed by atoms with Gasteiger partial charge in [0.25, 0.3) is 5.91 Å². The van der Waals surface area contributed by atoms with Crippen molar-refractivity contribution >= 4 is 46.6 Å². The molecule has 0 saturated carbocycles. The molecule has 0 aliphatic heterocycles. The van der Waals surface area contributed by atoms with Crippen molar-refractivity contribution in [3.05, 3.63) is 83.1 Å². The van der Waals surface area contributed by atoms with Gasteiger partial charge in [0.15, 0.2) is 0 Å². The van der Waals surface area contributed by atoms with E-state index in [0.717, 1.165) is 4.90 Å². The quantitative estimate of drug-likeness (QED) is 0.474. The van der Waals surface area contributed by atoms with E-state index in [2.05, 4.69) is 10.6 Å². The summed E-state index contributed by atoms with van der Waals surface area (Å²) in [7, 11) is 1.54. The maximum atomic E-state index is 13.2. The van der Waals surface area contributed by atoms with Crippen LogP contribution in [0.15, 0.2) is 71.6 Å². The number of ether oxygens (including phenoxy) is 1. The van der Waals surface area contributed by atoms with Crippen LogP contribution in [0.25, 0.3) is 0 Å². The second-order valence-electron chi connectivity index (χ2n) is 6.18. The van der Waals surface area contributed by atoms with Gasteiger partial charge in [-0.15, -0.1) is 11.8 Å². The number of nitrogens with one attached hydrogen (secondary N) is 2. The molecular weight excluding hydrogens is 427 g/mol. The standard InChI is InChI=1S/C22H18ClFN2O3S/c1-29-17-4-2-3-14(11-17)22(28)26-15-5-8-18(9-6-15)30-13-21(27)25-16-7-10-20(24)19(23)12-16/h2-12H,13H2,1H3,(H,25,27)(H,26,28). The van der Waals surface area contributed by atoms with Crippen molar-refractivity contribution in [1.82, 2.24) is 0 Å². The Kier molecular flexibility index (Phi) is 7.32. The van der Waals surface area contributed by atoms with Gasteiger partial charge in [-0.25, -0.2) is 4.39 Å². The minimum atomic E-state index is -0.539. The van der Waals surface area contributed by atoms with E-state index in [1.807, 2.05) is 12.1 Å². The first kappa shape index (κ1) is 21.7. The molecule has 0 heterocycles. The summed E-state index contributed by atoms with van der Waals surface area (Å²) in [6.07, 6.45) is 0. The number of carbonyl (C=O) groups excluding carboxylic acids is 2. The zero-order valence-corrected chi connectivity index (χ0v) is 17.5. The fourth-order valence-electron chi connectivity index (χ4n) is 2.52. The van der Waals surface area contributed by atoms with Crippen LogP contribution in [0.1, 0.15) is 10.4 Å². The van der Waals surface area contributed by atoms with Crippen LogP contribution in [-0.2, 0) is 4.79 Å². The Labute approximate surface area is 182 Å². The van der Waals surface area contributed by atoms with Crippen LogP contribution >= 0.6 is 23.4 Å². The van der Waals surface area contributed by atoms with Crippen molar-refractivity contribution in [2.75, 3.05) is 23.5 Å². The summed E-state index contributed by atoms with van der Waals surface area (Å²) in [5.41, 5.74) is 1.56. The average Bonchev–Trinajstić information content (AvgIpc) is 2.76. The van der Waals surface area contributed by atoms with Gasteiger partial charge in [-0.1, -0.05) is 17.7 Å². The van der Waals surface area contributed by atoms with Crippen LogP contribution < -0.4 is 15.4 Å². The molecule has 0 aliphatic carbocycles. The summed E-state index contributed by atoms with van der Waals surface area (Å²) in [6.45, 7) is 0. The maximum Gasteiger partial charge on any atom is 0.255 e. The van der Waals surface area contributed by atoms with Gasteiger partial charge in [0, 0.05) is 21.8 Å². The molecule has 0 aromatic heterocycles. The monoisotopic (exact) mass is 444 g/mol. The highest BCUT2D eigenvalue weighted by molar-refractivity contribution is 8.00. The maximum absolute atomic E-state index is 13.2. The van der Waals surface area contributed by atoms with Gasteiger partial charge < -0.3 is 15.4 Å². The number of methoxy groups -OCH3 is 1. The number of amides is 2. The minimum Gasteiger partial charge on any atom is -0.497 e. The van der Waals surface area contributed by atoms with Crippen molar-refractivity contribution < 1.29 is 18.7 Å². The van der Waals surface area contributed by atoms with Crippen molar-refractivity contribution in [2.24, 2.45) is 0 Å². The van der Waals surface area contributed by atoms with Crippen LogP contribution in [0.4, 0.5) is 15.8 Å². The third kappa shape index (κ3) is 5.98. The van der Waals surface area contributed by atoms with Crippen molar-refractivity contribution in [3.63, 3.8) is 0 Å². The molecule has 2 amide bonds. The summed E-state index contributed by atoms with van der Waals surface area (Å²) in [5, 5.41) is 5.44. The Hall–Kier alpha value is -3.03. The summed E-state index contributed by atoms with van der Waals surface area (Å²) < 4.78 is 18.3. The van der Waals surface area contributed by atoms with Gasteiger partial charge in [0.05, 0.1) is 17.9 Å². The summed E-state index contributed by atoms with van der Waals surface area (Å²) in [5.74, 6) is -0.243. The third-order valence-corrected chi connectivity index (χ3v) is 5.32. The molecule has 30 heavy (non-hydrogen) atoms. The lowest BCUT2D eigenvalue weighted by atomic mass is 10.2. The van der Waals surface area contributed by atoms with E-state index in [-0.39, 0.29) is 22.6 Å². The van der Waals surface area contributed by atoms with E-state index in [1.54, 1.807) is 43.5 Å². The number of rotatable bonds is 7. The Bertz CT molecular complexity index is 1060. The van der Waals surface area contributed by atoms with Crippen LogP contribution in [0.3, 0.4) is 0 Å². The van der Waals surface area contributed by atoms with E-state index in [0.29, 0.717) is 22.7 Å². The minimum absolute atomic E-state index is 0.0490. The zero-order chi connectivity index (χ0) is 21.5. The first-order chi connectivity index (χ1) is 14.4. The third-order valence-electron chi connectivity index (χ3n) is 4.02. The Balaban J connectivity index is 1.52. The predicted octanol–water partition coefficient (Wildman–Crippen LogP) is 5.47. The summed E-state index contributed by atoms with van der Waals surface area (Å²) >= 11 is 7.04. The molecule has 0 radical (unpaired) electrons. The highest BCUT2D eigenvalue weighted by Crippen LogP contribution is 2.23. The largest absolute Gasteiger partial charge is 0.497 e. The van der Waals surface area contributed by atoms with Gasteiger partial charge in [-0.3, -0.25) is 9.59 Å². The highest BCUT2D eigenvalue weighted by atomic mass is 35.5. The molecule has 0 spiro atoms. The smallest absolute Gasteiger partial charge is 0.255 e. The zero-order valence-electron chi connectivity index (χ0n) is 15.9. The molecule has 2 N–H and O–H groups in total. The molecule has 0 fully saturated rings. The molecule has 3 aromatic rings. The first-order valence-electron chi connectivity index (χ1n) is 8.88. The average molecular weight is 445 g/mol. The molecule has 5 nitrogen and oxygen atoms in total. The van der Waals surface area contributed by atoms with Gasteiger partial charge in [0.1, 0.15) is 11.6 Å². The number of hydrogen-bond acceptors (Lipinski definition) is 4. The first-order valence-corrected chi connectivity index (χ1v) is 10.2. The Morgan fingerprint density at radius 3 is 2.43 bits per heavy atom. The number of benzene rings is 3. The van der Waals surface area contributed by atoms with E-state index in [1.165, 1.54) is 30.0 Å². The molecule has 3 rings (SSSR count). The lowest BCUT2D eigenvalue weighted by Crippen LogP contribution is -2.14. The normalized spacial score (nSPS) is 10.4. The molecule has 0 bridgehead atoms. The van der Waals surface area contributed by atoms with E-state index in [4.69, 9.17) is 16.3 Å². The second-order valence-corrected chi connectivity index (χ2v) is 7.63. The van der Waals surface area contributed by atoms with E-state index >= 15 is 0 Å². The lowest BCUT2D eigenvalue weighted by molar-refractivity contribution is -0.113. The fraction of sp³-hybridized carbons (Fsp3) is 0.0909. The molecular formula is C22H18ClFN2O3S. The molecule has 0 atom stereocenters. The SMILES string of the molecule is COc1cccc(C(=O)Nc2ccc(SCC(=O)Nc3ccc(F)c(Cl)c3)cc2)c1. The number of anilines is 2. The van der Waals surface area contributed by atoms with Gasteiger partial charge in [-0.05, 0) is 60.7 Å². The topological polar surface area (TPSA) is 67.4 Å². The van der Waals surface area contributed by atoms with Gasteiger partial charge in [-0.2, -0.15) is 0 Å². The van der Waals surface area contributed by atoms with Crippen LogP contribution in [0.2, 0.25) is 5.02 Å². The highest BCUT2D eigenvalue weighted by Gasteiger charge is 2.09. The molecule has 154 valence electrons. The van der Waals surface area contributed by atoms with Crippen molar-refractivity contribution in [3.8, 4) is 5.75 Å². The van der Waals surface area contributed by atoms with E-state index in [9.17, 15) is 14.0 Å². The summed E-state index contributed by atoms with van der Waals surface area (Å²) in [4.78, 5) is 25.3. The van der Waals surface area contributed by atoms with Crippen LogP contribution in [0, 0.1) is 5.82 Å². The number of halogens is 2. The molecule has 0 unspecified atom stereocenters. The fourth-order valence-corrected chi connectivity index (χ4v) is 3.40. The molecule has 8 heteroatoms. The molecule has 3 aromatic carbocycles. The Morgan fingerprint density at radius 1 is 1.00 bits per heavy atom. The molecule has 0 saturated heterocycles. The van der Waals surface area contributed by atoms with Crippen molar-refractivity contribution in [2.45, 2.75) is 4.90 Å². The predicted molar refractivity (Wildman–Crippen MR) is 118 cm³/mol. The van der Waals surface area contributed by atoms with Crippen LogP contribution in [0.5, 0.6) is 5.75 Å². The Morgan fingerprint density at radius 2 is 1.73 bits per heavy atom. The van der Waals surface area contributed by atoms with Crippen molar-refractivity contribution in [1.29, 1.82) is 0 Å². The van der Waals surface area contributed by atoms with Gasteiger partial charge >= 0.3 is 0 Å². The lowest BCUT2D eigenvalue weighted by Gasteiger charge is -2.08. The number of hydrogen-bond donors (Lipinski definition) is 2. The van der Waals surface area contributed by atoms with E-state index < -0.39 is 5.82 Å². The summed E-state index contributed by atoms with van der Waals surface area (Å²) in [6, 6.07) is 18.0. The van der Waals surface area contributed by atoms with Gasteiger partial charge in [0.2, 0.25) is 5.91 Å². The second kappa shape index (κ2) is 10.1. The number of thioether (sulfide) groups is 1.